The molecule has 4 N–H and O–H groups in total. The van der Waals surface area contributed by atoms with Crippen molar-refractivity contribution in [3.63, 3.8) is 0 Å². The van der Waals surface area contributed by atoms with Crippen LogP contribution in [-0.2, 0) is 36.9 Å². The Hall–Kier alpha value is 1.08. The van der Waals surface area contributed by atoms with Crippen LogP contribution in [0.15, 0.2) is 0 Å². The van der Waals surface area contributed by atoms with Gasteiger partial charge in [0.05, 0.1) is 0 Å². The topological polar surface area (TPSA) is 63.0 Å². The molecule has 0 aliphatic carbocycles. The molecule has 0 aliphatic rings. The molecule has 0 aromatic rings. The third kappa shape index (κ3) is 11.5. The smallest absolute Gasteiger partial charge is 0 e. The molecule has 36 valence electrons. The summed E-state index contributed by atoms with van der Waals surface area (Å²) in [6.45, 7) is 0. The molecule has 0 spiro atoms. The van der Waals surface area contributed by atoms with Crippen molar-refractivity contribution in [3.05, 3.63) is 0 Å². The first-order chi connectivity index (χ1) is 0. The second kappa shape index (κ2) is 33.3. The first-order valence-corrected chi connectivity index (χ1v) is 0. The number of hydrogen-bond acceptors (Lipinski definition) is 0. The second-order valence-electron chi connectivity index (χ2n) is 0. The molecule has 0 unspecified atom stereocenters. The third-order valence-electron chi connectivity index (χ3n) is 0. The van der Waals surface area contributed by atoms with Gasteiger partial charge in [0.1, 0.15) is 0 Å². The van der Waals surface area contributed by atoms with E-state index in [1.54, 1.807) is 0 Å². The molecule has 0 bridgehead atoms. The van der Waals surface area contributed by atoms with Crippen LogP contribution in [0.5, 0.6) is 0 Å². The average molecular weight is 201 g/mol. The molecule has 4 heavy (non-hydrogen) atoms. The summed E-state index contributed by atoms with van der Waals surface area (Å²) < 4.78 is 0. The van der Waals surface area contributed by atoms with Crippen molar-refractivity contribution in [2.24, 2.45) is 0 Å². The maximum absolute atomic E-state index is 0. The Balaban J connectivity index is 0. The van der Waals surface area contributed by atoms with Crippen LogP contribution in [0.25, 0.3) is 0 Å². The molecule has 0 atom stereocenters. The summed E-state index contributed by atoms with van der Waals surface area (Å²) in [7, 11) is 0. The summed E-state index contributed by atoms with van der Waals surface area (Å²) >= 11 is 0. The minimum Gasteiger partial charge on any atom is -0.412 e. The summed E-state index contributed by atoms with van der Waals surface area (Å²) in [6, 6.07) is 0. The molecular weight excluding hydrogens is 197 g/mol. The van der Waals surface area contributed by atoms with Crippen LogP contribution in [0.2, 0.25) is 0 Å². The second-order valence-corrected chi connectivity index (χ2v) is 0. The van der Waals surface area contributed by atoms with E-state index >= 15 is 0 Å². The summed E-state index contributed by atoms with van der Waals surface area (Å²) in [5, 5.41) is 0. The molecule has 0 saturated carbocycles. The van der Waals surface area contributed by atoms with Crippen molar-refractivity contribution in [2.75, 3.05) is 0 Å². The van der Waals surface area contributed by atoms with Gasteiger partial charge in [0, 0.05) is 36.9 Å². The molecule has 0 aliphatic heterocycles. The van der Waals surface area contributed by atoms with Crippen LogP contribution < -0.4 is 0 Å². The number of hydrogen-bond donors (Lipinski definition) is 0. The van der Waals surface area contributed by atoms with Gasteiger partial charge >= 0.3 is 0 Å². The van der Waals surface area contributed by atoms with Crippen LogP contribution in [0.1, 0.15) is 0 Å². The van der Waals surface area contributed by atoms with Gasteiger partial charge in [0.25, 0.3) is 0 Å². The normalized spacial score (nSPS) is 0. The molecule has 0 aromatic heterocycles. The van der Waals surface area contributed by atoms with Crippen molar-refractivity contribution in [1.29, 1.82) is 0 Å². The molecule has 0 heterocycles. The quantitative estimate of drug-likeness (QED) is 0.421. The minimum atomic E-state index is 0. The molecule has 2 nitrogen and oxygen atoms in total. The van der Waals surface area contributed by atoms with Gasteiger partial charge in [-0.2, -0.15) is 0 Å². The maximum Gasteiger partial charge on any atom is 0 e. The van der Waals surface area contributed by atoms with E-state index in [0.717, 1.165) is 0 Å². The predicted octanol–water partition coefficient (Wildman–Crippen LogP) is -1.65. The Kier molecular flexibility index (Phi) is 607. The molecule has 4 heteroatoms. The zero-order valence-corrected chi connectivity index (χ0v) is 4.17. The fourth-order valence-electron chi connectivity index (χ4n) is 0. The molecule has 0 radical (unpaired) electrons. The van der Waals surface area contributed by atoms with E-state index in [1.165, 1.54) is 0 Å². The van der Waals surface area contributed by atoms with E-state index in [9.17, 15) is 0 Å². The summed E-state index contributed by atoms with van der Waals surface area (Å²) in [5.74, 6) is 0. The van der Waals surface area contributed by atoms with E-state index in [1.807, 2.05) is 0 Å². The van der Waals surface area contributed by atoms with Gasteiger partial charge in [-0.15, -0.1) is 0 Å². The molecule has 0 rings (SSSR count). The van der Waals surface area contributed by atoms with Crippen molar-refractivity contribution in [1.82, 2.24) is 0 Å². The zero-order valence-electron chi connectivity index (χ0n) is 1.63. The van der Waals surface area contributed by atoms with E-state index in [4.69, 9.17) is 0 Å². The minimum absolute atomic E-state index is 0. The third-order valence-corrected chi connectivity index (χ3v) is 0. The van der Waals surface area contributed by atoms with Crippen molar-refractivity contribution >= 4 is 0 Å². The predicted molar refractivity (Wildman–Crippen MR) is 7.23 cm³/mol. The van der Waals surface area contributed by atoms with Crippen LogP contribution in [0.3, 0.4) is 0 Å². The van der Waals surface area contributed by atoms with Gasteiger partial charge in [0.15, 0.2) is 0 Å². The molecule has 0 aromatic carbocycles. The van der Waals surface area contributed by atoms with E-state index in [2.05, 4.69) is 0 Å². The van der Waals surface area contributed by atoms with Gasteiger partial charge in [-0.05, 0) is 0 Å². The van der Waals surface area contributed by atoms with Crippen molar-refractivity contribution < 1.29 is 47.9 Å². The van der Waals surface area contributed by atoms with Gasteiger partial charge in [-0.25, -0.2) is 0 Å². The molecular formula is H4NiO2Pd. The van der Waals surface area contributed by atoms with E-state index in [-0.39, 0.29) is 47.9 Å². The van der Waals surface area contributed by atoms with Crippen LogP contribution in [0.4, 0.5) is 0 Å². The van der Waals surface area contributed by atoms with Crippen LogP contribution in [0, 0.1) is 0 Å². The fraction of sp³-hybridized carbons (Fsp3) is 0. The molecule has 0 amide bonds. The first kappa shape index (κ1) is 72.9. The van der Waals surface area contributed by atoms with Gasteiger partial charge in [-0.3, -0.25) is 0 Å². The van der Waals surface area contributed by atoms with Crippen LogP contribution >= 0.6 is 0 Å². The molecule has 0 saturated heterocycles. The SMILES string of the molecule is O.O.[Ni].[Pd]. The van der Waals surface area contributed by atoms with Gasteiger partial charge in [-0.1, -0.05) is 0 Å². The Bertz CT molecular complexity index is 6.00. The summed E-state index contributed by atoms with van der Waals surface area (Å²) in [6.07, 6.45) is 0. The summed E-state index contributed by atoms with van der Waals surface area (Å²) in [5.41, 5.74) is 0. The monoisotopic (exact) mass is 200 g/mol. The largest absolute Gasteiger partial charge is 0.412 e. The van der Waals surface area contributed by atoms with Crippen LogP contribution in [-0.4, -0.2) is 11.0 Å². The summed E-state index contributed by atoms with van der Waals surface area (Å²) in [4.78, 5) is 0. The fourth-order valence-corrected chi connectivity index (χ4v) is 0. The standard InChI is InChI=1S/Ni.2H2O.Pd/h;2*1H2;. The Morgan fingerprint density at radius 2 is 0.750 bits per heavy atom. The Labute approximate surface area is 48.2 Å². The zero-order chi connectivity index (χ0) is 0. The Morgan fingerprint density at radius 1 is 0.750 bits per heavy atom. The Morgan fingerprint density at radius 3 is 0.750 bits per heavy atom. The average Bonchev–Trinajstić information content (AvgIpc) is 0. The van der Waals surface area contributed by atoms with Gasteiger partial charge < -0.3 is 11.0 Å². The van der Waals surface area contributed by atoms with E-state index < -0.39 is 0 Å². The maximum atomic E-state index is 0. The van der Waals surface area contributed by atoms with Crippen molar-refractivity contribution in [2.45, 2.75) is 0 Å². The van der Waals surface area contributed by atoms with Crippen molar-refractivity contribution in [3.8, 4) is 0 Å². The van der Waals surface area contributed by atoms with E-state index in [0.29, 0.717) is 0 Å². The number of rotatable bonds is 0. The molecule has 0 fully saturated rings. The van der Waals surface area contributed by atoms with Gasteiger partial charge in [0.2, 0.25) is 0 Å². The first-order valence-electron chi connectivity index (χ1n) is 0.